The Kier molecular flexibility index (Phi) is 7.53. The van der Waals surface area contributed by atoms with E-state index in [-0.39, 0.29) is 11.8 Å². The van der Waals surface area contributed by atoms with Gasteiger partial charge in [0.15, 0.2) is 0 Å². The standard InChI is InChI=1S/C21H26N2O3S2/c24-21(22-14-7-17-27-19-8-3-1-4-9-19)18-12-15-23(16-13-18)28(25,26)20-10-5-2-6-11-20/h1-6,8-11,18H,7,12-17H2,(H,22,24). The third-order valence-electron chi connectivity index (χ3n) is 4.84. The fourth-order valence-electron chi connectivity index (χ4n) is 3.23. The lowest BCUT2D eigenvalue weighted by molar-refractivity contribution is -0.126. The fourth-order valence-corrected chi connectivity index (χ4v) is 5.60. The van der Waals surface area contributed by atoms with Crippen LogP contribution in [0.5, 0.6) is 0 Å². The summed E-state index contributed by atoms with van der Waals surface area (Å²) < 4.78 is 26.8. The number of nitrogens with one attached hydrogen (secondary N) is 1. The molecule has 7 heteroatoms. The van der Waals surface area contributed by atoms with E-state index in [0.717, 1.165) is 12.2 Å². The number of rotatable bonds is 8. The first-order chi connectivity index (χ1) is 13.6. The second-order valence-electron chi connectivity index (χ2n) is 6.80. The summed E-state index contributed by atoms with van der Waals surface area (Å²) in [5.41, 5.74) is 0. The van der Waals surface area contributed by atoms with E-state index in [1.165, 1.54) is 9.20 Å². The maximum atomic E-state index is 12.6. The Morgan fingerprint density at radius 2 is 1.61 bits per heavy atom. The zero-order chi connectivity index (χ0) is 19.8. The molecule has 28 heavy (non-hydrogen) atoms. The Morgan fingerprint density at radius 3 is 2.25 bits per heavy atom. The molecule has 1 amide bonds. The van der Waals surface area contributed by atoms with Gasteiger partial charge in [0.25, 0.3) is 0 Å². The van der Waals surface area contributed by atoms with Gasteiger partial charge in [0.2, 0.25) is 15.9 Å². The second-order valence-corrected chi connectivity index (χ2v) is 9.90. The summed E-state index contributed by atoms with van der Waals surface area (Å²) in [6, 6.07) is 18.7. The lowest BCUT2D eigenvalue weighted by Gasteiger charge is -2.30. The van der Waals surface area contributed by atoms with E-state index in [4.69, 9.17) is 0 Å². The van der Waals surface area contributed by atoms with Crippen LogP contribution in [0.15, 0.2) is 70.5 Å². The predicted molar refractivity (Wildman–Crippen MR) is 113 cm³/mol. The van der Waals surface area contributed by atoms with Crippen LogP contribution in [0.25, 0.3) is 0 Å². The van der Waals surface area contributed by atoms with E-state index in [0.29, 0.717) is 37.4 Å². The molecule has 3 rings (SSSR count). The highest BCUT2D eigenvalue weighted by atomic mass is 32.2. The van der Waals surface area contributed by atoms with Gasteiger partial charge in [-0.2, -0.15) is 4.31 Å². The number of amides is 1. The van der Waals surface area contributed by atoms with Gasteiger partial charge in [-0.15, -0.1) is 11.8 Å². The number of carbonyl (C=O) groups excluding carboxylic acids is 1. The summed E-state index contributed by atoms with van der Waals surface area (Å²) in [4.78, 5) is 13.9. The smallest absolute Gasteiger partial charge is 0.243 e. The summed E-state index contributed by atoms with van der Waals surface area (Å²) >= 11 is 1.78. The largest absolute Gasteiger partial charge is 0.356 e. The first-order valence-electron chi connectivity index (χ1n) is 9.58. The SMILES string of the molecule is O=C(NCCCSc1ccccc1)C1CCN(S(=O)(=O)c2ccccc2)CC1. The van der Waals surface area contributed by atoms with Crippen LogP contribution >= 0.6 is 11.8 Å². The summed E-state index contributed by atoms with van der Waals surface area (Å²) in [6.45, 7) is 1.43. The minimum absolute atomic E-state index is 0.0430. The van der Waals surface area contributed by atoms with E-state index < -0.39 is 10.0 Å². The van der Waals surface area contributed by atoms with Gasteiger partial charge in [0, 0.05) is 30.4 Å². The van der Waals surface area contributed by atoms with Gasteiger partial charge >= 0.3 is 0 Å². The molecular weight excluding hydrogens is 392 g/mol. The predicted octanol–water partition coefficient (Wildman–Crippen LogP) is 3.39. The van der Waals surface area contributed by atoms with Crippen molar-refractivity contribution in [2.24, 2.45) is 5.92 Å². The molecule has 0 atom stereocenters. The molecule has 0 aromatic heterocycles. The maximum Gasteiger partial charge on any atom is 0.243 e. The molecule has 1 aliphatic rings. The zero-order valence-corrected chi connectivity index (χ0v) is 17.4. The first-order valence-corrected chi connectivity index (χ1v) is 12.0. The maximum absolute atomic E-state index is 12.6. The molecule has 0 unspecified atom stereocenters. The quantitative estimate of drug-likeness (QED) is 0.527. The van der Waals surface area contributed by atoms with Crippen LogP contribution in [-0.4, -0.2) is 44.0 Å². The van der Waals surface area contributed by atoms with Crippen LogP contribution in [-0.2, 0) is 14.8 Å². The summed E-state index contributed by atoms with van der Waals surface area (Å²) in [5, 5.41) is 3.00. The van der Waals surface area contributed by atoms with Crippen molar-refractivity contribution in [2.45, 2.75) is 29.1 Å². The van der Waals surface area contributed by atoms with E-state index in [2.05, 4.69) is 17.4 Å². The van der Waals surface area contributed by atoms with Crippen LogP contribution in [0.2, 0.25) is 0 Å². The van der Waals surface area contributed by atoms with Crippen molar-refractivity contribution in [1.82, 2.24) is 9.62 Å². The number of nitrogens with zero attached hydrogens (tertiary/aromatic N) is 1. The Balaban J connectivity index is 1.38. The molecule has 0 radical (unpaired) electrons. The molecule has 1 heterocycles. The van der Waals surface area contributed by atoms with Crippen molar-refractivity contribution in [1.29, 1.82) is 0 Å². The van der Waals surface area contributed by atoms with Gasteiger partial charge in [-0.05, 0) is 49.3 Å². The van der Waals surface area contributed by atoms with Crippen LogP contribution in [0, 0.1) is 5.92 Å². The molecule has 150 valence electrons. The lowest BCUT2D eigenvalue weighted by atomic mass is 9.97. The molecule has 1 saturated heterocycles. The highest BCUT2D eigenvalue weighted by molar-refractivity contribution is 7.99. The van der Waals surface area contributed by atoms with E-state index >= 15 is 0 Å². The van der Waals surface area contributed by atoms with Gasteiger partial charge < -0.3 is 5.32 Å². The number of benzene rings is 2. The Bertz CT molecular complexity index is 850. The van der Waals surface area contributed by atoms with E-state index in [1.54, 1.807) is 42.1 Å². The molecule has 1 fully saturated rings. The van der Waals surface area contributed by atoms with Crippen molar-refractivity contribution >= 4 is 27.7 Å². The summed E-state index contributed by atoms with van der Waals surface area (Å²) in [5.74, 6) is 0.892. The van der Waals surface area contributed by atoms with Crippen molar-refractivity contribution in [3.8, 4) is 0 Å². The third-order valence-corrected chi connectivity index (χ3v) is 7.85. The van der Waals surface area contributed by atoms with Gasteiger partial charge in [0.05, 0.1) is 4.90 Å². The number of hydrogen-bond donors (Lipinski definition) is 1. The minimum Gasteiger partial charge on any atom is -0.356 e. The average molecular weight is 419 g/mol. The number of hydrogen-bond acceptors (Lipinski definition) is 4. The summed E-state index contributed by atoms with van der Waals surface area (Å²) in [6.07, 6.45) is 2.04. The highest BCUT2D eigenvalue weighted by Gasteiger charge is 2.31. The molecule has 2 aromatic carbocycles. The molecule has 5 nitrogen and oxygen atoms in total. The molecule has 1 aliphatic heterocycles. The molecule has 0 spiro atoms. The van der Waals surface area contributed by atoms with Crippen LogP contribution in [0.4, 0.5) is 0 Å². The Hall–Kier alpha value is -1.83. The van der Waals surface area contributed by atoms with Gasteiger partial charge in [-0.3, -0.25) is 4.79 Å². The van der Waals surface area contributed by atoms with Crippen molar-refractivity contribution in [2.75, 3.05) is 25.4 Å². The van der Waals surface area contributed by atoms with Crippen molar-refractivity contribution in [3.05, 3.63) is 60.7 Å². The third kappa shape index (κ3) is 5.59. The van der Waals surface area contributed by atoms with Crippen LogP contribution < -0.4 is 5.32 Å². The normalized spacial score (nSPS) is 16.0. The molecule has 1 N–H and O–H groups in total. The Morgan fingerprint density at radius 1 is 1.00 bits per heavy atom. The second kappa shape index (κ2) is 10.1. The number of piperidine rings is 1. The van der Waals surface area contributed by atoms with E-state index in [1.807, 2.05) is 18.2 Å². The molecule has 0 aliphatic carbocycles. The van der Waals surface area contributed by atoms with Crippen LogP contribution in [0.3, 0.4) is 0 Å². The van der Waals surface area contributed by atoms with E-state index in [9.17, 15) is 13.2 Å². The van der Waals surface area contributed by atoms with Gasteiger partial charge in [0.1, 0.15) is 0 Å². The number of carbonyl (C=O) groups is 1. The molecule has 0 saturated carbocycles. The molecular formula is C21H26N2O3S2. The highest BCUT2D eigenvalue weighted by Crippen LogP contribution is 2.24. The minimum atomic E-state index is -3.46. The monoisotopic (exact) mass is 418 g/mol. The zero-order valence-electron chi connectivity index (χ0n) is 15.8. The molecule has 2 aromatic rings. The topological polar surface area (TPSA) is 66.5 Å². The van der Waals surface area contributed by atoms with Crippen molar-refractivity contribution in [3.63, 3.8) is 0 Å². The van der Waals surface area contributed by atoms with Crippen molar-refractivity contribution < 1.29 is 13.2 Å². The number of thioether (sulfide) groups is 1. The lowest BCUT2D eigenvalue weighted by Crippen LogP contribution is -2.43. The van der Waals surface area contributed by atoms with Crippen LogP contribution in [0.1, 0.15) is 19.3 Å². The fraction of sp³-hybridized carbons (Fsp3) is 0.381. The van der Waals surface area contributed by atoms with Gasteiger partial charge in [-0.1, -0.05) is 36.4 Å². The first kappa shape index (κ1) is 20.9. The Labute approximate surface area is 171 Å². The number of sulfonamides is 1. The summed E-state index contributed by atoms with van der Waals surface area (Å²) in [7, 11) is -3.46. The average Bonchev–Trinajstić information content (AvgIpc) is 2.75. The molecule has 0 bridgehead atoms. The van der Waals surface area contributed by atoms with Gasteiger partial charge in [-0.25, -0.2) is 8.42 Å².